The highest BCUT2D eigenvalue weighted by Crippen LogP contribution is 2.26. The molecule has 0 saturated carbocycles. The average Bonchev–Trinajstić information content (AvgIpc) is 2.47. The van der Waals surface area contributed by atoms with Gasteiger partial charge in [-0.2, -0.15) is 0 Å². The first-order valence-electron chi connectivity index (χ1n) is 6.26. The van der Waals surface area contributed by atoms with E-state index in [0.29, 0.717) is 4.48 Å². The second-order valence-corrected chi connectivity index (χ2v) is 7.20. The molecule has 0 amide bonds. The van der Waals surface area contributed by atoms with Crippen LogP contribution in [0, 0.1) is 6.92 Å². The second-order valence-electron chi connectivity index (χ2n) is 4.55. The van der Waals surface area contributed by atoms with Crippen molar-refractivity contribution in [2.24, 2.45) is 0 Å². The second kappa shape index (κ2) is 6.45. The molecule has 2 aromatic rings. The van der Waals surface area contributed by atoms with Crippen molar-refractivity contribution >= 4 is 30.2 Å². The van der Waals surface area contributed by atoms with Gasteiger partial charge in [0.15, 0.2) is 0 Å². The van der Waals surface area contributed by atoms with Gasteiger partial charge in [0, 0.05) is 4.48 Å². The molecule has 2 rings (SSSR count). The van der Waals surface area contributed by atoms with Crippen LogP contribution < -0.4 is 4.74 Å². The molecule has 0 radical (unpaired) electrons. The van der Waals surface area contributed by atoms with E-state index in [-0.39, 0.29) is 4.90 Å². The van der Waals surface area contributed by atoms with Crippen LogP contribution in [-0.2, 0) is 9.84 Å². The molecule has 0 fully saturated rings. The number of sulfone groups is 1. The first-order chi connectivity index (χ1) is 9.92. The summed E-state index contributed by atoms with van der Waals surface area (Å²) in [7, 11) is -1.90. The lowest BCUT2D eigenvalue weighted by atomic mass is 10.2. The van der Waals surface area contributed by atoms with E-state index in [1.54, 1.807) is 55.6 Å². The van der Waals surface area contributed by atoms with Gasteiger partial charge in [0.2, 0.25) is 9.84 Å². The highest BCUT2D eigenvalue weighted by atomic mass is 79.9. The Balaban J connectivity index is 2.33. The van der Waals surface area contributed by atoms with Crippen molar-refractivity contribution in [2.45, 2.75) is 11.8 Å². The van der Waals surface area contributed by atoms with Gasteiger partial charge in [-0.25, -0.2) is 8.42 Å². The standard InChI is InChI=1S/C16H15BrO3S/c1-12-3-9-15(10-4-12)21(18,19)11-16(17)13-5-7-14(20-2)8-6-13/h3-11H,1-2H3/b16-11+. The molecule has 21 heavy (non-hydrogen) atoms. The first kappa shape index (κ1) is 15.8. The number of benzene rings is 2. The molecule has 0 heterocycles. The highest BCUT2D eigenvalue weighted by molar-refractivity contribution is 9.15. The van der Waals surface area contributed by atoms with Crippen LogP contribution in [0.25, 0.3) is 4.48 Å². The maximum absolute atomic E-state index is 12.3. The minimum Gasteiger partial charge on any atom is -0.497 e. The molecule has 0 saturated heterocycles. The van der Waals surface area contributed by atoms with Crippen LogP contribution in [0.2, 0.25) is 0 Å². The van der Waals surface area contributed by atoms with E-state index in [0.717, 1.165) is 16.9 Å². The van der Waals surface area contributed by atoms with Crippen LogP contribution in [0.4, 0.5) is 0 Å². The lowest BCUT2D eigenvalue weighted by molar-refractivity contribution is 0.415. The van der Waals surface area contributed by atoms with Gasteiger partial charge >= 0.3 is 0 Å². The molecule has 0 aliphatic carbocycles. The predicted molar refractivity (Wildman–Crippen MR) is 88.3 cm³/mol. The molecule has 5 heteroatoms. The zero-order valence-electron chi connectivity index (χ0n) is 11.7. The monoisotopic (exact) mass is 366 g/mol. The van der Waals surface area contributed by atoms with Crippen molar-refractivity contribution in [1.82, 2.24) is 0 Å². The van der Waals surface area contributed by atoms with Crippen LogP contribution in [-0.4, -0.2) is 15.5 Å². The number of ether oxygens (including phenoxy) is 1. The number of hydrogen-bond donors (Lipinski definition) is 0. The molecular formula is C16H15BrO3S. The molecule has 0 N–H and O–H groups in total. The molecule has 0 spiro atoms. The van der Waals surface area contributed by atoms with Gasteiger partial charge in [0.1, 0.15) is 5.75 Å². The summed E-state index contributed by atoms with van der Waals surface area (Å²) >= 11 is 3.32. The molecule has 0 atom stereocenters. The fourth-order valence-corrected chi connectivity index (χ4v) is 3.81. The minimum atomic E-state index is -3.48. The van der Waals surface area contributed by atoms with Crippen molar-refractivity contribution in [3.8, 4) is 5.75 Å². The summed E-state index contributed by atoms with van der Waals surface area (Å²) in [6.45, 7) is 1.92. The molecule has 0 aromatic heterocycles. The van der Waals surface area contributed by atoms with Crippen LogP contribution >= 0.6 is 15.9 Å². The summed E-state index contributed by atoms with van der Waals surface area (Å²) in [5, 5.41) is 1.22. The smallest absolute Gasteiger partial charge is 0.200 e. The molecule has 0 aliphatic rings. The maximum Gasteiger partial charge on any atom is 0.200 e. The molecular weight excluding hydrogens is 352 g/mol. The fraction of sp³-hybridized carbons (Fsp3) is 0.125. The first-order valence-corrected chi connectivity index (χ1v) is 8.60. The Morgan fingerprint density at radius 2 is 1.62 bits per heavy atom. The largest absolute Gasteiger partial charge is 0.497 e. The van der Waals surface area contributed by atoms with Gasteiger partial charge in [0.25, 0.3) is 0 Å². The number of aryl methyl sites for hydroxylation is 1. The Labute approximate surface area is 133 Å². The van der Waals surface area contributed by atoms with Crippen LogP contribution in [0.1, 0.15) is 11.1 Å². The Kier molecular flexibility index (Phi) is 4.85. The Morgan fingerprint density at radius 3 is 2.14 bits per heavy atom. The topological polar surface area (TPSA) is 43.4 Å². The third-order valence-corrected chi connectivity index (χ3v) is 5.44. The normalized spacial score (nSPS) is 12.2. The molecule has 3 nitrogen and oxygen atoms in total. The number of rotatable bonds is 4. The third-order valence-electron chi connectivity index (χ3n) is 2.97. The fourth-order valence-electron chi connectivity index (χ4n) is 1.75. The lowest BCUT2D eigenvalue weighted by Gasteiger charge is -2.04. The van der Waals surface area contributed by atoms with E-state index < -0.39 is 9.84 Å². The Hall–Kier alpha value is -1.59. The van der Waals surface area contributed by atoms with Gasteiger partial charge in [-0.1, -0.05) is 29.8 Å². The average molecular weight is 367 g/mol. The summed E-state index contributed by atoms with van der Waals surface area (Å²) in [6.07, 6.45) is 0. The van der Waals surface area contributed by atoms with E-state index in [1.165, 1.54) is 5.41 Å². The van der Waals surface area contributed by atoms with Crippen molar-refractivity contribution in [3.63, 3.8) is 0 Å². The van der Waals surface area contributed by atoms with E-state index >= 15 is 0 Å². The summed E-state index contributed by atoms with van der Waals surface area (Å²) in [5.74, 6) is 0.723. The molecule has 110 valence electrons. The Bertz CT molecular complexity index is 745. The maximum atomic E-state index is 12.3. The van der Waals surface area contributed by atoms with E-state index in [4.69, 9.17) is 4.74 Å². The van der Waals surface area contributed by atoms with Crippen LogP contribution in [0.15, 0.2) is 58.8 Å². The molecule has 0 aliphatic heterocycles. The number of hydrogen-bond acceptors (Lipinski definition) is 3. The van der Waals surface area contributed by atoms with Crippen molar-refractivity contribution in [1.29, 1.82) is 0 Å². The van der Waals surface area contributed by atoms with Crippen LogP contribution in [0.3, 0.4) is 0 Å². The van der Waals surface area contributed by atoms with E-state index in [1.807, 2.05) is 6.92 Å². The highest BCUT2D eigenvalue weighted by Gasteiger charge is 2.12. The lowest BCUT2D eigenvalue weighted by Crippen LogP contribution is -1.97. The van der Waals surface area contributed by atoms with E-state index in [2.05, 4.69) is 15.9 Å². The molecule has 2 aromatic carbocycles. The quantitative estimate of drug-likeness (QED) is 0.815. The molecule has 0 unspecified atom stereocenters. The summed E-state index contributed by atoms with van der Waals surface area (Å²) < 4.78 is 30.2. The Morgan fingerprint density at radius 1 is 1.05 bits per heavy atom. The van der Waals surface area contributed by atoms with E-state index in [9.17, 15) is 8.42 Å². The van der Waals surface area contributed by atoms with Crippen molar-refractivity contribution in [2.75, 3.05) is 7.11 Å². The predicted octanol–water partition coefficient (Wildman–Crippen LogP) is 4.17. The number of halogens is 1. The third kappa shape index (κ3) is 3.95. The van der Waals surface area contributed by atoms with Gasteiger partial charge in [-0.05, 0) is 52.7 Å². The van der Waals surface area contributed by atoms with Crippen LogP contribution in [0.5, 0.6) is 5.75 Å². The van der Waals surface area contributed by atoms with Gasteiger partial charge in [-0.15, -0.1) is 0 Å². The zero-order chi connectivity index (χ0) is 15.5. The van der Waals surface area contributed by atoms with Crippen molar-refractivity contribution < 1.29 is 13.2 Å². The summed E-state index contributed by atoms with van der Waals surface area (Å²) in [6, 6.07) is 13.9. The van der Waals surface area contributed by atoms with Gasteiger partial charge in [-0.3, -0.25) is 0 Å². The summed E-state index contributed by atoms with van der Waals surface area (Å²) in [5.41, 5.74) is 1.79. The SMILES string of the molecule is COc1ccc(/C(Br)=C\S(=O)(=O)c2ccc(C)cc2)cc1. The molecule has 0 bridgehead atoms. The van der Waals surface area contributed by atoms with Crippen molar-refractivity contribution in [3.05, 3.63) is 65.1 Å². The zero-order valence-corrected chi connectivity index (χ0v) is 14.1. The van der Waals surface area contributed by atoms with Gasteiger partial charge < -0.3 is 4.74 Å². The number of methoxy groups -OCH3 is 1. The summed E-state index contributed by atoms with van der Waals surface area (Å²) in [4.78, 5) is 0.276. The minimum absolute atomic E-state index is 0.276. The van der Waals surface area contributed by atoms with Gasteiger partial charge in [0.05, 0.1) is 17.4 Å².